The number of pyridine rings is 1. The fourth-order valence-electron chi connectivity index (χ4n) is 9.44. The Morgan fingerprint density at radius 3 is 2.60 bits per heavy atom. The lowest BCUT2D eigenvalue weighted by atomic mass is 9.95. The minimum Gasteiger partial charge on any atom is -0.467 e. The molecule has 15 nitrogen and oxygen atoms in total. The summed E-state index contributed by atoms with van der Waals surface area (Å²) in [6.45, 7) is 5.77. The Morgan fingerprint density at radius 1 is 1.03 bits per heavy atom. The third kappa shape index (κ3) is 10.3. The molecule has 0 bridgehead atoms. The van der Waals surface area contributed by atoms with Crippen molar-refractivity contribution in [1.82, 2.24) is 39.4 Å². The van der Waals surface area contributed by atoms with Gasteiger partial charge in [-0.25, -0.2) is 23.1 Å². The Bertz CT molecular complexity index is 2400. The Hall–Kier alpha value is -4.82. The van der Waals surface area contributed by atoms with Crippen LogP contribution in [-0.2, 0) is 20.6 Å². The van der Waals surface area contributed by atoms with E-state index in [0.717, 1.165) is 25.5 Å². The maximum atomic E-state index is 17.4. The number of likely N-dealkylation sites (N-methyl/N-ethyl adjacent to an activating group) is 1. The first kappa shape index (κ1) is 46.7. The van der Waals surface area contributed by atoms with Crippen LogP contribution in [0.15, 0.2) is 18.5 Å². The minimum atomic E-state index is -4.75. The summed E-state index contributed by atoms with van der Waals surface area (Å²) in [7, 11) is 1.62. The molecule has 0 saturated carbocycles. The number of halogens is 6. The number of likely N-dealkylation sites (tertiary alicyclic amines) is 1. The lowest BCUT2D eigenvalue weighted by Crippen LogP contribution is -2.51. The van der Waals surface area contributed by atoms with Gasteiger partial charge in [0, 0.05) is 61.9 Å². The van der Waals surface area contributed by atoms with E-state index in [0.29, 0.717) is 61.8 Å². The molecule has 0 radical (unpaired) electrons. The van der Waals surface area contributed by atoms with Crippen LogP contribution in [0.3, 0.4) is 0 Å². The molecule has 0 aliphatic carbocycles. The average molecular weight is 937 g/mol. The van der Waals surface area contributed by atoms with Crippen molar-refractivity contribution >= 4 is 45.6 Å². The van der Waals surface area contributed by atoms with Crippen molar-refractivity contribution in [3.63, 3.8) is 0 Å². The van der Waals surface area contributed by atoms with Gasteiger partial charge in [-0.1, -0.05) is 11.6 Å². The number of ether oxygens (including phenoxy) is 5. The molecule has 4 aromatic rings. The van der Waals surface area contributed by atoms with Gasteiger partial charge in [-0.2, -0.15) is 28.2 Å². The van der Waals surface area contributed by atoms with Gasteiger partial charge in [0.15, 0.2) is 18.7 Å². The molecule has 4 atom stereocenters. The molecule has 4 aliphatic rings. The van der Waals surface area contributed by atoms with Crippen LogP contribution in [0.5, 0.6) is 11.9 Å². The molecular weight excluding hydrogens is 883 g/mol. The first-order valence-electron chi connectivity index (χ1n) is 22.2. The van der Waals surface area contributed by atoms with E-state index in [4.69, 9.17) is 35.3 Å². The van der Waals surface area contributed by atoms with Crippen LogP contribution in [-0.4, -0.2) is 141 Å². The zero-order valence-corrected chi connectivity index (χ0v) is 37.7. The second-order valence-electron chi connectivity index (χ2n) is 18.4. The molecule has 1 aromatic carbocycles. The van der Waals surface area contributed by atoms with E-state index in [9.17, 15) is 27.2 Å². The minimum absolute atomic E-state index is 0.0435. The summed E-state index contributed by atoms with van der Waals surface area (Å²) in [4.78, 5) is 44.0. The van der Waals surface area contributed by atoms with E-state index in [-0.39, 0.29) is 73.3 Å². The molecule has 4 aliphatic heterocycles. The highest BCUT2D eigenvalue weighted by Gasteiger charge is 2.49. The highest BCUT2D eigenvalue weighted by molar-refractivity contribution is 6.33. The summed E-state index contributed by atoms with van der Waals surface area (Å²) in [6.07, 6.45) is 1.33. The van der Waals surface area contributed by atoms with E-state index in [1.165, 1.54) is 4.90 Å². The standard InChI is InChI=1S/C44H54ClF5N8O7/c1-42(2,3)65-41(60)56-14-7-10-27(23-56)55(4)40(59)62-17-8-11-28-31(45)18-32-29(21-52-58(32)33-12-5-6-16-61-33)34(28)37-35(47)36-30(20-51-37)38(63-25-44(48,49)50)54-39(53-36)64-24-43-13-9-15-57(43)22-26(46)19-43/h18,20-21,26-27,33H,5-17,19,22-25H2,1-4H3/t26-,27-,33?,43+/m1/s1. The lowest BCUT2D eigenvalue weighted by molar-refractivity contribution is -0.153. The maximum absolute atomic E-state index is 17.4. The summed E-state index contributed by atoms with van der Waals surface area (Å²) in [5.41, 5.74) is -0.731. The van der Waals surface area contributed by atoms with Gasteiger partial charge >= 0.3 is 24.4 Å². The van der Waals surface area contributed by atoms with Crippen molar-refractivity contribution in [2.24, 2.45) is 0 Å². The highest BCUT2D eigenvalue weighted by Crippen LogP contribution is 2.43. The van der Waals surface area contributed by atoms with Gasteiger partial charge in [0.05, 0.1) is 35.3 Å². The molecular formula is C44H54ClF5N8O7. The number of hydrogen-bond donors (Lipinski definition) is 0. The SMILES string of the molecule is CN(C(=O)OCCCc1c(Cl)cc2c(cnn2C2CCCCO2)c1-c1ncc2c(OCC(F)(F)F)nc(OC[C@@]34CCCN3C[C@H](F)C4)nc2c1F)[C@@H]1CCCN(C(=O)OC(C)(C)C)C1. The van der Waals surface area contributed by atoms with Crippen LogP contribution in [0.1, 0.15) is 90.3 Å². The van der Waals surface area contributed by atoms with Gasteiger partial charge in [0.25, 0.3) is 0 Å². The molecule has 2 amide bonds. The summed E-state index contributed by atoms with van der Waals surface area (Å²) < 4.78 is 102. The molecule has 1 unspecified atom stereocenters. The van der Waals surface area contributed by atoms with Crippen molar-refractivity contribution in [3.8, 4) is 23.1 Å². The first-order chi connectivity index (χ1) is 30.9. The number of amides is 2. The molecule has 7 heterocycles. The molecule has 3 aromatic heterocycles. The number of alkyl halides is 4. The van der Waals surface area contributed by atoms with Crippen LogP contribution < -0.4 is 9.47 Å². The number of hydrogen-bond acceptors (Lipinski definition) is 12. The van der Waals surface area contributed by atoms with Gasteiger partial charge in [-0.15, -0.1) is 0 Å². The number of rotatable bonds is 12. The summed E-state index contributed by atoms with van der Waals surface area (Å²) in [5.74, 6) is -1.60. The highest BCUT2D eigenvalue weighted by atomic mass is 35.5. The topological polar surface area (TPSA) is 146 Å². The normalized spacial score (nSPS) is 22.9. The Balaban J connectivity index is 1.09. The van der Waals surface area contributed by atoms with Crippen molar-refractivity contribution < 1.29 is 55.2 Å². The van der Waals surface area contributed by atoms with E-state index >= 15 is 4.39 Å². The predicted molar refractivity (Wildman–Crippen MR) is 228 cm³/mol. The number of fused-ring (bicyclic) bond motifs is 3. The third-order valence-electron chi connectivity index (χ3n) is 12.5. The predicted octanol–water partition coefficient (Wildman–Crippen LogP) is 8.83. The van der Waals surface area contributed by atoms with Gasteiger partial charge in [-0.3, -0.25) is 9.88 Å². The summed E-state index contributed by atoms with van der Waals surface area (Å²) in [5, 5.41) is 5.11. The van der Waals surface area contributed by atoms with Gasteiger partial charge in [0.1, 0.15) is 29.6 Å². The largest absolute Gasteiger partial charge is 0.467 e. The molecule has 354 valence electrons. The van der Waals surface area contributed by atoms with E-state index in [2.05, 4.69) is 20.1 Å². The Labute approximate surface area is 377 Å². The lowest BCUT2D eigenvalue weighted by Gasteiger charge is -2.37. The monoisotopic (exact) mass is 936 g/mol. The molecule has 0 spiro atoms. The van der Waals surface area contributed by atoms with E-state index < -0.39 is 71.7 Å². The van der Waals surface area contributed by atoms with E-state index in [1.54, 1.807) is 49.7 Å². The Kier molecular flexibility index (Phi) is 13.5. The molecule has 21 heteroatoms. The fourth-order valence-corrected chi connectivity index (χ4v) is 9.73. The third-order valence-corrected chi connectivity index (χ3v) is 12.9. The van der Waals surface area contributed by atoms with Crippen molar-refractivity contribution in [2.45, 2.75) is 121 Å². The molecule has 4 fully saturated rings. The van der Waals surface area contributed by atoms with Crippen LogP contribution in [0.2, 0.25) is 5.02 Å². The van der Waals surface area contributed by atoms with Gasteiger partial charge in [-0.05, 0) is 96.7 Å². The van der Waals surface area contributed by atoms with Crippen LogP contribution in [0.4, 0.5) is 31.5 Å². The molecule has 65 heavy (non-hydrogen) atoms. The van der Waals surface area contributed by atoms with Crippen LogP contribution in [0.25, 0.3) is 33.1 Å². The van der Waals surface area contributed by atoms with E-state index in [1.807, 2.05) is 4.90 Å². The average Bonchev–Trinajstić information content (AvgIpc) is 3.95. The molecule has 8 rings (SSSR count). The number of benzene rings is 1. The fraction of sp³-hybridized carbons (Fsp3) is 0.636. The van der Waals surface area contributed by atoms with Gasteiger partial charge in [0.2, 0.25) is 5.88 Å². The molecule has 0 N–H and O–H groups in total. The number of carbonyl (C=O) groups is 2. The number of piperidine rings is 1. The summed E-state index contributed by atoms with van der Waals surface area (Å²) >= 11 is 7.07. The smallest absolute Gasteiger partial charge is 0.422 e. The second-order valence-corrected chi connectivity index (χ2v) is 18.8. The zero-order chi connectivity index (χ0) is 46.3. The number of aromatic nitrogens is 5. The zero-order valence-electron chi connectivity index (χ0n) is 36.9. The number of carbonyl (C=O) groups excluding carboxylic acids is 2. The van der Waals surface area contributed by atoms with Crippen LogP contribution >= 0.6 is 11.6 Å². The first-order valence-corrected chi connectivity index (χ1v) is 22.5. The van der Waals surface area contributed by atoms with Crippen LogP contribution in [0, 0.1) is 5.82 Å². The second kappa shape index (κ2) is 18.8. The van der Waals surface area contributed by atoms with Gasteiger partial charge < -0.3 is 33.5 Å². The van der Waals surface area contributed by atoms with Crippen molar-refractivity contribution in [3.05, 3.63) is 34.9 Å². The van der Waals surface area contributed by atoms with Crippen molar-refractivity contribution in [1.29, 1.82) is 0 Å². The number of nitrogens with zero attached hydrogens (tertiary/aromatic N) is 8. The maximum Gasteiger partial charge on any atom is 0.422 e. The van der Waals surface area contributed by atoms with Crippen molar-refractivity contribution in [2.75, 3.05) is 59.7 Å². The quantitative estimate of drug-likeness (QED) is 0.0988. The Morgan fingerprint density at radius 2 is 1.85 bits per heavy atom. The molecule has 4 saturated heterocycles. The summed E-state index contributed by atoms with van der Waals surface area (Å²) in [6, 6.07) is 0.980.